The summed E-state index contributed by atoms with van der Waals surface area (Å²) in [6.45, 7) is 0.924. The SMILES string of the molecule is COc1cccc(C(=O)N2CCN3C(=O)[C@@H](Cc4ccccc4)NC(=O)[C@H]3C2)c1. The molecule has 0 aromatic heterocycles. The van der Waals surface area contributed by atoms with Crippen molar-refractivity contribution in [2.75, 3.05) is 26.7 Å². The second-order valence-electron chi connectivity index (χ2n) is 7.28. The van der Waals surface area contributed by atoms with E-state index >= 15 is 0 Å². The lowest BCUT2D eigenvalue weighted by molar-refractivity contribution is -0.152. The number of nitrogens with zero attached hydrogens (tertiary/aromatic N) is 2. The van der Waals surface area contributed by atoms with Gasteiger partial charge in [0.25, 0.3) is 5.91 Å². The number of fused-ring (bicyclic) bond motifs is 1. The van der Waals surface area contributed by atoms with Crippen LogP contribution < -0.4 is 10.1 Å². The van der Waals surface area contributed by atoms with Crippen LogP contribution in [0.5, 0.6) is 5.75 Å². The smallest absolute Gasteiger partial charge is 0.254 e. The molecule has 4 rings (SSSR count). The predicted molar refractivity (Wildman–Crippen MR) is 106 cm³/mol. The average molecular weight is 393 g/mol. The Labute approximate surface area is 169 Å². The van der Waals surface area contributed by atoms with Gasteiger partial charge < -0.3 is 19.9 Å². The largest absolute Gasteiger partial charge is 0.497 e. The van der Waals surface area contributed by atoms with E-state index in [0.717, 1.165) is 5.56 Å². The first-order chi connectivity index (χ1) is 14.1. The van der Waals surface area contributed by atoms with Gasteiger partial charge in [0.2, 0.25) is 11.8 Å². The zero-order chi connectivity index (χ0) is 20.4. The van der Waals surface area contributed by atoms with Crippen LogP contribution in [0.3, 0.4) is 0 Å². The minimum Gasteiger partial charge on any atom is -0.497 e. The van der Waals surface area contributed by atoms with Gasteiger partial charge in [-0.3, -0.25) is 14.4 Å². The monoisotopic (exact) mass is 393 g/mol. The summed E-state index contributed by atoms with van der Waals surface area (Å²) in [4.78, 5) is 41.8. The molecule has 2 aliphatic rings. The Morgan fingerprint density at radius 1 is 1.10 bits per heavy atom. The lowest BCUT2D eigenvalue weighted by Crippen LogP contribution is -2.70. The van der Waals surface area contributed by atoms with Crippen LogP contribution in [0.4, 0.5) is 0 Å². The molecule has 2 saturated heterocycles. The Bertz CT molecular complexity index is 931. The Morgan fingerprint density at radius 3 is 2.66 bits per heavy atom. The molecule has 0 spiro atoms. The van der Waals surface area contributed by atoms with Crippen molar-refractivity contribution in [1.29, 1.82) is 0 Å². The minimum atomic E-state index is -0.655. The van der Waals surface area contributed by atoms with E-state index in [-0.39, 0.29) is 24.3 Å². The van der Waals surface area contributed by atoms with Crippen molar-refractivity contribution in [3.63, 3.8) is 0 Å². The third-order valence-corrected chi connectivity index (χ3v) is 5.47. The summed E-state index contributed by atoms with van der Waals surface area (Å²) in [5.74, 6) is 0.125. The standard InChI is InChI=1S/C22H23N3O4/c1-29-17-9-5-8-16(13-17)21(27)24-10-11-25-19(14-24)20(26)23-18(22(25)28)12-15-6-3-2-4-7-15/h2-9,13,18-19H,10-12,14H2,1H3,(H,23,26)/t18-,19-/m1/s1. The highest BCUT2D eigenvalue weighted by Gasteiger charge is 2.44. The van der Waals surface area contributed by atoms with Crippen LogP contribution in [0, 0.1) is 0 Å². The molecule has 2 aliphatic heterocycles. The molecule has 2 atom stereocenters. The molecule has 150 valence electrons. The maximum Gasteiger partial charge on any atom is 0.254 e. The van der Waals surface area contributed by atoms with Crippen LogP contribution >= 0.6 is 0 Å². The van der Waals surface area contributed by atoms with Crippen molar-refractivity contribution >= 4 is 17.7 Å². The van der Waals surface area contributed by atoms with E-state index in [1.165, 1.54) is 0 Å². The summed E-state index contributed by atoms with van der Waals surface area (Å²) in [5.41, 5.74) is 1.50. The van der Waals surface area contributed by atoms with Gasteiger partial charge >= 0.3 is 0 Å². The van der Waals surface area contributed by atoms with E-state index in [9.17, 15) is 14.4 Å². The Hall–Kier alpha value is -3.35. The fourth-order valence-electron chi connectivity index (χ4n) is 3.91. The van der Waals surface area contributed by atoms with Crippen molar-refractivity contribution in [1.82, 2.24) is 15.1 Å². The van der Waals surface area contributed by atoms with Crippen LogP contribution in [0.15, 0.2) is 54.6 Å². The number of benzene rings is 2. The molecule has 2 heterocycles. The van der Waals surface area contributed by atoms with Gasteiger partial charge in [0, 0.05) is 25.1 Å². The van der Waals surface area contributed by atoms with Crippen LogP contribution in [-0.2, 0) is 16.0 Å². The molecular weight excluding hydrogens is 370 g/mol. The predicted octanol–water partition coefficient (Wildman–Crippen LogP) is 1.09. The Morgan fingerprint density at radius 2 is 1.90 bits per heavy atom. The molecule has 7 nitrogen and oxygen atoms in total. The van der Waals surface area contributed by atoms with E-state index in [4.69, 9.17) is 4.74 Å². The molecule has 3 amide bonds. The van der Waals surface area contributed by atoms with Gasteiger partial charge in [0.05, 0.1) is 13.7 Å². The lowest BCUT2D eigenvalue weighted by Gasteiger charge is -2.45. The van der Waals surface area contributed by atoms with Gasteiger partial charge in [-0.1, -0.05) is 36.4 Å². The first kappa shape index (κ1) is 19.0. The molecule has 2 aromatic rings. The fraction of sp³-hybridized carbons (Fsp3) is 0.318. The number of hydrogen-bond acceptors (Lipinski definition) is 4. The molecule has 0 aliphatic carbocycles. The van der Waals surface area contributed by atoms with E-state index in [2.05, 4.69) is 5.32 Å². The van der Waals surface area contributed by atoms with E-state index < -0.39 is 12.1 Å². The third kappa shape index (κ3) is 3.81. The van der Waals surface area contributed by atoms with Gasteiger partial charge in [-0.25, -0.2) is 0 Å². The number of piperazine rings is 2. The molecule has 1 N–H and O–H groups in total. The van der Waals surface area contributed by atoms with Gasteiger partial charge in [-0.2, -0.15) is 0 Å². The highest BCUT2D eigenvalue weighted by Crippen LogP contribution is 2.21. The second-order valence-corrected chi connectivity index (χ2v) is 7.28. The molecule has 0 unspecified atom stereocenters. The highest BCUT2D eigenvalue weighted by atomic mass is 16.5. The van der Waals surface area contributed by atoms with Gasteiger partial charge in [0.15, 0.2) is 0 Å². The summed E-state index contributed by atoms with van der Waals surface area (Å²) in [6.07, 6.45) is 0.459. The quantitative estimate of drug-likeness (QED) is 0.844. The number of carbonyl (C=O) groups is 3. The number of hydrogen-bond donors (Lipinski definition) is 1. The van der Waals surface area contributed by atoms with Crippen LogP contribution in [0.1, 0.15) is 15.9 Å². The van der Waals surface area contributed by atoms with E-state index in [0.29, 0.717) is 30.8 Å². The first-order valence-corrected chi connectivity index (χ1v) is 9.65. The molecule has 2 aromatic carbocycles. The first-order valence-electron chi connectivity index (χ1n) is 9.65. The normalized spacial score (nSPS) is 21.4. The number of rotatable bonds is 4. The third-order valence-electron chi connectivity index (χ3n) is 5.47. The minimum absolute atomic E-state index is 0.0908. The summed E-state index contributed by atoms with van der Waals surface area (Å²) in [7, 11) is 1.55. The number of ether oxygens (including phenoxy) is 1. The summed E-state index contributed by atoms with van der Waals surface area (Å²) in [5, 5.41) is 2.84. The fourth-order valence-corrected chi connectivity index (χ4v) is 3.91. The van der Waals surface area contributed by atoms with Gasteiger partial charge in [-0.05, 0) is 23.8 Å². The summed E-state index contributed by atoms with van der Waals surface area (Å²) >= 11 is 0. The zero-order valence-electron chi connectivity index (χ0n) is 16.2. The maximum atomic E-state index is 12.9. The highest BCUT2D eigenvalue weighted by molar-refractivity contribution is 5.99. The topological polar surface area (TPSA) is 79.0 Å². The van der Waals surface area contributed by atoms with E-state index in [1.54, 1.807) is 41.2 Å². The molecular formula is C22H23N3O4. The molecule has 29 heavy (non-hydrogen) atoms. The number of methoxy groups -OCH3 is 1. The van der Waals surface area contributed by atoms with Crippen LogP contribution in [0.2, 0.25) is 0 Å². The van der Waals surface area contributed by atoms with Crippen LogP contribution in [0.25, 0.3) is 0 Å². The molecule has 0 saturated carbocycles. The van der Waals surface area contributed by atoms with Crippen molar-refractivity contribution in [2.24, 2.45) is 0 Å². The van der Waals surface area contributed by atoms with Crippen molar-refractivity contribution in [2.45, 2.75) is 18.5 Å². The lowest BCUT2D eigenvalue weighted by atomic mass is 9.98. The van der Waals surface area contributed by atoms with Crippen molar-refractivity contribution in [3.8, 4) is 5.75 Å². The van der Waals surface area contributed by atoms with Crippen LogP contribution in [-0.4, -0.2) is 66.3 Å². The van der Waals surface area contributed by atoms with Crippen molar-refractivity contribution < 1.29 is 19.1 Å². The second kappa shape index (κ2) is 7.95. The molecule has 0 radical (unpaired) electrons. The summed E-state index contributed by atoms with van der Waals surface area (Å²) in [6, 6.07) is 15.3. The Balaban J connectivity index is 1.46. The van der Waals surface area contributed by atoms with E-state index in [1.807, 2.05) is 30.3 Å². The average Bonchev–Trinajstić information content (AvgIpc) is 2.77. The molecule has 7 heteroatoms. The van der Waals surface area contributed by atoms with Gasteiger partial charge in [0.1, 0.15) is 17.8 Å². The molecule has 0 bridgehead atoms. The van der Waals surface area contributed by atoms with Crippen molar-refractivity contribution in [3.05, 3.63) is 65.7 Å². The number of amides is 3. The zero-order valence-corrected chi connectivity index (χ0v) is 16.2. The summed E-state index contributed by atoms with van der Waals surface area (Å²) < 4.78 is 5.18. The van der Waals surface area contributed by atoms with Gasteiger partial charge in [-0.15, -0.1) is 0 Å². The number of carbonyl (C=O) groups excluding carboxylic acids is 3. The maximum absolute atomic E-state index is 12.9. The Kier molecular flexibility index (Phi) is 5.20. The number of nitrogens with one attached hydrogen (secondary N) is 1. The molecule has 2 fully saturated rings.